The summed E-state index contributed by atoms with van der Waals surface area (Å²) in [6.07, 6.45) is 0. The number of thioether (sulfide) groups is 1. The topological polar surface area (TPSA) is 40.5 Å². The average molecular weight is 265 g/mol. The van der Waals surface area contributed by atoms with Crippen LogP contribution in [-0.4, -0.2) is 39.5 Å². The molecule has 1 aromatic carbocycles. The van der Waals surface area contributed by atoms with Gasteiger partial charge in [0.15, 0.2) is 0 Å². The molecule has 2 unspecified atom stereocenters. The van der Waals surface area contributed by atoms with E-state index in [2.05, 4.69) is 13.8 Å². The van der Waals surface area contributed by atoms with Crippen molar-refractivity contribution in [2.45, 2.75) is 32.1 Å². The second-order valence-electron chi connectivity index (χ2n) is 4.79. The van der Waals surface area contributed by atoms with E-state index in [0.29, 0.717) is 10.8 Å². The van der Waals surface area contributed by atoms with Gasteiger partial charge < -0.3 is 10.0 Å². The second kappa shape index (κ2) is 5.22. The van der Waals surface area contributed by atoms with Crippen molar-refractivity contribution < 1.29 is 9.90 Å². The molecule has 1 aliphatic rings. The Kier molecular flexibility index (Phi) is 3.85. The van der Waals surface area contributed by atoms with Gasteiger partial charge in [-0.1, -0.05) is 19.1 Å². The molecule has 1 amide bonds. The van der Waals surface area contributed by atoms with Crippen LogP contribution in [0.25, 0.3) is 0 Å². The summed E-state index contributed by atoms with van der Waals surface area (Å²) in [6.45, 7) is 6.78. The van der Waals surface area contributed by atoms with Crippen LogP contribution in [0.2, 0.25) is 0 Å². The van der Waals surface area contributed by atoms with Crippen molar-refractivity contribution in [3.63, 3.8) is 0 Å². The van der Waals surface area contributed by atoms with Crippen LogP contribution in [-0.2, 0) is 0 Å². The molecule has 2 atom stereocenters. The predicted molar refractivity (Wildman–Crippen MR) is 75.3 cm³/mol. The maximum absolute atomic E-state index is 12.5. The van der Waals surface area contributed by atoms with E-state index in [1.165, 1.54) is 0 Å². The monoisotopic (exact) mass is 265 g/mol. The third-order valence-electron chi connectivity index (χ3n) is 3.61. The molecular weight excluding hydrogens is 246 g/mol. The van der Waals surface area contributed by atoms with E-state index >= 15 is 0 Å². The highest BCUT2D eigenvalue weighted by atomic mass is 32.2. The molecule has 1 fully saturated rings. The molecule has 0 aromatic heterocycles. The number of aromatic hydroxyl groups is 1. The summed E-state index contributed by atoms with van der Waals surface area (Å²) in [6, 6.07) is 5.53. The lowest BCUT2D eigenvalue weighted by atomic mass is 10.1. The molecule has 18 heavy (non-hydrogen) atoms. The number of carbonyl (C=O) groups is 1. The number of hydrogen-bond donors (Lipinski definition) is 1. The fraction of sp³-hybridized carbons (Fsp3) is 0.500. The number of rotatable bonds is 1. The fourth-order valence-corrected chi connectivity index (χ4v) is 3.31. The fourth-order valence-electron chi connectivity index (χ4n) is 2.21. The van der Waals surface area contributed by atoms with Crippen molar-refractivity contribution >= 4 is 17.7 Å². The van der Waals surface area contributed by atoms with Gasteiger partial charge in [0.1, 0.15) is 5.75 Å². The Labute approximate surface area is 112 Å². The zero-order chi connectivity index (χ0) is 13.3. The summed E-state index contributed by atoms with van der Waals surface area (Å²) in [7, 11) is 0. The Morgan fingerprint density at radius 2 is 2.17 bits per heavy atom. The van der Waals surface area contributed by atoms with Gasteiger partial charge in [0.25, 0.3) is 5.91 Å². The van der Waals surface area contributed by atoms with Gasteiger partial charge in [0, 0.05) is 23.6 Å². The van der Waals surface area contributed by atoms with Gasteiger partial charge >= 0.3 is 0 Å². The molecule has 1 N–H and O–H groups in total. The summed E-state index contributed by atoms with van der Waals surface area (Å²) >= 11 is 1.89. The van der Waals surface area contributed by atoms with Gasteiger partial charge in [-0.15, -0.1) is 0 Å². The van der Waals surface area contributed by atoms with Crippen molar-refractivity contribution in [2.24, 2.45) is 0 Å². The molecule has 3 nitrogen and oxygen atoms in total. The van der Waals surface area contributed by atoms with Crippen LogP contribution < -0.4 is 0 Å². The number of hydrogen-bond acceptors (Lipinski definition) is 3. The second-order valence-corrected chi connectivity index (χ2v) is 6.27. The van der Waals surface area contributed by atoms with E-state index in [-0.39, 0.29) is 17.7 Å². The number of benzene rings is 1. The lowest BCUT2D eigenvalue weighted by molar-refractivity contribution is 0.0695. The minimum absolute atomic E-state index is 0.0594. The van der Waals surface area contributed by atoms with Gasteiger partial charge in [-0.3, -0.25) is 4.79 Å². The highest BCUT2D eigenvalue weighted by molar-refractivity contribution is 8.00. The molecule has 1 aliphatic heterocycles. The van der Waals surface area contributed by atoms with Crippen LogP contribution >= 0.6 is 11.8 Å². The van der Waals surface area contributed by atoms with Crippen LogP contribution in [0.3, 0.4) is 0 Å². The van der Waals surface area contributed by atoms with Crippen molar-refractivity contribution in [1.29, 1.82) is 0 Å². The van der Waals surface area contributed by atoms with Gasteiger partial charge in [-0.05, 0) is 25.5 Å². The van der Waals surface area contributed by atoms with E-state index in [0.717, 1.165) is 17.9 Å². The van der Waals surface area contributed by atoms with Gasteiger partial charge in [0.2, 0.25) is 0 Å². The Hall–Kier alpha value is -1.16. The Bertz CT molecular complexity index is 461. The van der Waals surface area contributed by atoms with Crippen molar-refractivity contribution in [2.75, 3.05) is 12.3 Å². The first-order valence-corrected chi connectivity index (χ1v) is 7.28. The Morgan fingerprint density at radius 3 is 2.89 bits per heavy atom. The molecule has 0 bridgehead atoms. The number of phenols is 1. The highest BCUT2D eigenvalue weighted by Crippen LogP contribution is 2.28. The average Bonchev–Trinajstić information content (AvgIpc) is 2.35. The first-order valence-electron chi connectivity index (χ1n) is 6.23. The maximum atomic E-state index is 12.5. The minimum Gasteiger partial charge on any atom is -0.507 e. The molecule has 2 rings (SSSR count). The lowest BCUT2D eigenvalue weighted by Crippen LogP contribution is -2.48. The van der Waals surface area contributed by atoms with Crippen molar-refractivity contribution in [3.8, 4) is 5.75 Å². The summed E-state index contributed by atoms with van der Waals surface area (Å²) in [4.78, 5) is 14.4. The Balaban J connectivity index is 2.28. The maximum Gasteiger partial charge on any atom is 0.257 e. The van der Waals surface area contributed by atoms with E-state index in [1.807, 2.05) is 35.7 Å². The smallest absolute Gasteiger partial charge is 0.257 e. The Morgan fingerprint density at radius 1 is 1.44 bits per heavy atom. The zero-order valence-electron chi connectivity index (χ0n) is 11.0. The lowest BCUT2D eigenvalue weighted by Gasteiger charge is -2.37. The molecule has 1 heterocycles. The summed E-state index contributed by atoms with van der Waals surface area (Å²) in [5, 5.41) is 10.4. The molecule has 98 valence electrons. The van der Waals surface area contributed by atoms with E-state index < -0.39 is 0 Å². The van der Waals surface area contributed by atoms with Crippen molar-refractivity contribution in [1.82, 2.24) is 4.90 Å². The van der Waals surface area contributed by atoms with Crippen LogP contribution in [0.15, 0.2) is 18.2 Å². The van der Waals surface area contributed by atoms with Crippen LogP contribution in [0.4, 0.5) is 0 Å². The number of phenolic OH excluding ortho intramolecular Hbond substituents is 1. The zero-order valence-corrected chi connectivity index (χ0v) is 11.8. The van der Waals surface area contributed by atoms with E-state index in [1.54, 1.807) is 6.07 Å². The van der Waals surface area contributed by atoms with Crippen molar-refractivity contribution in [3.05, 3.63) is 29.3 Å². The standard InChI is InChI=1S/C14H19NO2S/c1-9-5-4-6-12(13(9)16)14(17)15-7-8-18-11(3)10(15)2/h4-6,10-11,16H,7-8H2,1-3H3. The molecule has 1 saturated heterocycles. The summed E-state index contributed by atoms with van der Waals surface area (Å²) in [5.41, 5.74) is 1.16. The third-order valence-corrected chi connectivity index (χ3v) is 4.95. The molecule has 0 saturated carbocycles. The van der Waals surface area contributed by atoms with E-state index in [9.17, 15) is 9.90 Å². The molecule has 0 radical (unpaired) electrons. The van der Waals surface area contributed by atoms with Crippen LogP contribution in [0.5, 0.6) is 5.75 Å². The number of para-hydroxylation sites is 1. The van der Waals surface area contributed by atoms with E-state index in [4.69, 9.17) is 0 Å². The minimum atomic E-state index is -0.0594. The summed E-state index contributed by atoms with van der Waals surface area (Å²) < 4.78 is 0. The van der Waals surface area contributed by atoms with Gasteiger partial charge in [0.05, 0.1) is 5.56 Å². The molecule has 1 aromatic rings. The SMILES string of the molecule is Cc1cccc(C(=O)N2CCSC(C)C2C)c1O. The number of aryl methyl sites for hydroxylation is 1. The number of amides is 1. The normalized spacial score (nSPS) is 24.1. The van der Waals surface area contributed by atoms with Gasteiger partial charge in [-0.25, -0.2) is 0 Å². The predicted octanol–water partition coefficient (Wildman–Crippen LogP) is 2.67. The van der Waals surface area contributed by atoms with Crippen LogP contribution in [0, 0.1) is 6.92 Å². The third kappa shape index (κ3) is 2.34. The number of carbonyl (C=O) groups excluding carboxylic acids is 1. The highest BCUT2D eigenvalue weighted by Gasteiger charge is 2.30. The molecule has 0 spiro atoms. The largest absolute Gasteiger partial charge is 0.507 e. The molecular formula is C14H19NO2S. The van der Waals surface area contributed by atoms with Crippen LogP contribution in [0.1, 0.15) is 29.8 Å². The van der Waals surface area contributed by atoms with Gasteiger partial charge in [-0.2, -0.15) is 11.8 Å². The number of nitrogens with zero attached hydrogens (tertiary/aromatic N) is 1. The molecule has 4 heteroatoms. The quantitative estimate of drug-likeness (QED) is 0.848. The first kappa shape index (κ1) is 13.3. The summed E-state index contributed by atoms with van der Waals surface area (Å²) in [5.74, 6) is 1.01. The molecule has 0 aliphatic carbocycles. The first-order chi connectivity index (χ1) is 8.52.